The van der Waals surface area contributed by atoms with Crippen molar-refractivity contribution in [2.75, 3.05) is 19.7 Å². The van der Waals surface area contributed by atoms with E-state index >= 15 is 0 Å². The topological polar surface area (TPSA) is 98.7 Å². The normalized spacial score (nSPS) is 19.1. The number of nitro benzene ring substituents is 1. The number of carbonyl (C=O) groups excluding carboxylic acids is 1. The van der Waals surface area contributed by atoms with Gasteiger partial charge in [0, 0.05) is 25.2 Å². The fourth-order valence-corrected chi connectivity index (χ4v) is 2.89. The Hall–Kier alpha value is -2.36. The van der Waals surface area contributed by atoms with Crippen molar-refractivity contribution < 1.29 is 27.6 Å². The third kappa shape index (κ3) is 5.07. The standard InChI is InChI=1S/C16H20F3N3O4/c1-10(20)11-3-2-6-21(8-11)15(23)13-7-12(26-9-16(17,18)19)4-5-14(13)22(24)25/h4-5,7,10-11H,2-3,6,8-9,20H2,1H3. The number of nitro groups is 1. The third-order valence-electron chi connectivity index (χ3n) is 4.29. The number of hydrogen-bond acceptors (Lipinski definition) is 5. The molecule has 1 heterocycles. The van der Waals surface area contributed by atoms with Crippen LogP contribution in [0.3, 0.4) is 0 Å². The lowest BCUT2D eigenvalue weighted by molar-refractivity contribution is -0.385. The van der Waals surface area contributed by atoms with Crippen LogP contribution in [0.4, 0.5) is 18.9 Å². The summed E-state index contributed by atoms with van der Waals surface area (Å²) in [5.74, 6) is -0.798. The van der Waals surface area contributed by atoms with Crippen molar-refractivity contribution in [1.29, 1.82) is 0 Å². The van der Waals surface area contributed by atoms with Crippen LogP contribution >= 0.6 is 0 Å². The summed E-state index contributed by atoms with van der Waals surface area (Å²) in [6, 6.07) is 2.87. The Kier molecular flexibility index (Phi) is 6.06. The largest absolute Gasteiger partial charge is 0.484 e. The molecule has 0 bridgehead atoms. The van der Waals surface area contributed by atoms with E-state index in [1.807, 2.05) is 6.92 Å². The molecule has 1 aliphatic rings. The summed E-state index contributed by atoms with van der Waals surface area (Å²) >= 11 is 0. The van der Waals surface area contributed by atoms with E-state index in [-0.39, 0.29) is 23.3 Å². The molecule has 2 unspecified atom stereocenters. The van der Waals surface area contributed by atoms with Crippen molar-refractivity contribution in [1.82, 2.24) is 4.90 Å². The van der Waals surface area contributed by atoms with Crippen LogP contribution in [-0.4, -0.2) is 47.6 Å². The fraction of sp³-hybridized carbons (Fsp3) is 0.562. The Morgan fingerprint density at radius 2 is 2.19 bits per heavy atom. The van der Waals surface area contributed by atoms with Gasteiger partial charge >= 0.3 is 6.18 Å². The van der Waals surface area contributed by atoms with E-state index in [1.54, 1.807) is 0 Å². The molecule has 10 heteroatoms. The zero-order valence-electron chi connectivity index (χ0n) is 14.2. The van der Waals surface area contributed by atoms with E-state index in [9.17, 15) is 28.1 Å². The monoisotopic (exact) mass is 375 g/mol. The van der Waals surface area contributed by atoms with Crippen molar-refractivity contribution in [3.63, 3.8) is 0 Å². The predicted molar refractivity (Wildman–Crippen MR) is 86.9 cm³/mol. The summed E-state index contributed by atoms with van der Waals surface area (Å²) in [5, 5.41) is 11.2. The first-order valence-electron chi connectivity index (χ1n) is 8.11. The zero-order chi connectivity index (χ0) is 19.5. The van der Waals surface area contributed by atoms with E-state index in [1.165, 1.54) is 4.90 Å². The molecule has 0 radical (unpaired) electrons. The fourth-order valence-electron chi connectivity index (χ4n) is 2.89. The quantitative estimate of drug-likeness (QED) is 0.630. The van der Waals surface area contributed by atoms with E-state index in [0.29, 0.717) is 19.5 Å². The molecule has 1 fully saturated rings. The predicted octanol–water partition coefficient (Wildman–Crippen LogP) is 2.74. The molecule has 144 valence electrons. The van der Waals surface area contributed by atoms with Gasteiger partial charge in [0.2, 0.25) is 0 Å². The number of carbonyl (C=O) groups is 1. The first-order valence-corrected chi connectivity index (χ1v) is 8.11. The molecule has 1 amide bonds. The molecular weight excluding hydrogens is 355 g/mol. The Morgan fingerprint density at radius 3 is 2.77 bits per heavy atom. The highest BCUT2D eigenvalue weighted by molar-refractivity contribution is 5.98. The van der Waals surface area contributed by atoms with Gasteiger partial charge in [-0.3, -0.25) is 14.9 Å². The third-order valence-corrected chi connectivity index (χ3v) is 4.29. The minimum absolute atomic E-state index is 0.0661. The molecule has 2 N–H and O–H groups in total. The van der Waals surface area contributed by atoms with Crippen molar-refractivity contribution in [3.8, 4) is 5.75 Å². The number of ether oxygens (including phenoxy) is 1. The highest BCUT2D eigenvalue weighted by Crippen LogP contribution is 2.29. The van der Waals surface area contributed by atoms with E-state index < -0.39 is 29.3 Å². The van der Waals surface area contributed by atoms with Crippen LogP contribution in [0.1, 0.15) is 30.1 Å². The Bertz CT molecular complexity index is 679. The maximum Gasteiger partial charge on any atom is 0.422 e. The maximum atomic E-state index is 12.7. The van der Waals surface area contributed by atoms with Crippen molar-refractivity contribution in [2.24, 2.45) is 11.7 Å². The Labute approximate surface area is 148 Å². The van der Waals surface area contributed by atoms with E-state index in [2.05, 4.69) is 4.74 Å². The lowest BCUT2D eigenvalue weighted by Gasteiger charge is -2.34. The Balaban J connectivity index is 2.26. The van der Waals surface area contributed by atoms with Gasteiger partial charge in [-0.05, 0) is 37.8 Å². The highest BCUT2D eigenvalue weighted by Gasteiger charge is 2.32. The first-order chi connectivity index (χ1) is 12.1. The SMILES string of the molecule is CC(N)C1CCCN(C(=O)c2cc(OCC(F)(F)F)ccc2[N+](=O)[O-])C1. The van der Waals surface area contributed by atoms with Crippen LogP contribution in [0.15, 0.2) is 18.2 Å². The second-order valence-corrected chi connectivity index (χ2v) is 6.35. The van der Waals surface area contributed by atoms with E-state index in [4.69, 9.17) is 5.73 Å². The number of hydrogen-bond donors (Lipinski definition) is 1. The molecule has 1 aromatic carbocycles. The lowest BCUT2D eigenvalue weighted by atomic mass is 9.91. The van der Waals surface area contributed by atoms with Gasteiger partial charge in [-0.15, -0.1) is 0 Å². The summed E-state index contributed by atoms with van der Waals surface area (Å²) < 4.78 is 41.5. The van der Waals surface area contributed by atoms with Gasteiger partial charge in [0.25, 0.3) is 11.6 Å². The van der Waals surface area contributed by atoms with Gasteiger partial charge in [0.1, 0.15) is 11.3 Å². The molecule has 1 aromatic rings. The highest BCUT2D eigenvalue weighted by atomic mass is 19.4. The van der Waals surface area contributed by atoms with Crippen LogP contribution < -0.4 is 10.5 Å². The van der Waals surface area contributed by atoms with Crippen molar-refractivity contribution >= 4 is 11.6 Å². The molecule has 26 heavy (non-hydrogen) atoms. The van der Waals surface area contributed by atoms with Gasteiger partial charge in [-0.25, -0.2) is 0 Å². The van der Waals surface area contributed by atoms with Crippen molar-refractivity contribution in [2.45, 2.75) is 32.0 Å². The number of likely N-dealkylation sites (tertiary alicyclic amines) is 1. The number of halogens is 3. The number of alkyl halides is 3. The second kappa shape index (κ2) is 7.90. The lowest BCUT2D eigenvalue weighted by Crippen LogP contribution is -2.45. The van der Waals surface area contributed by atoms with Crippen LogP contribution in [0.25, 0.3) is 0 Å². The number of nitrogens with zero attached hydrogens (tertiary/aromatic N) is 2. The van der Waals surface area contributed by atoms with Gasteiger partial charge in [-0.1, -0.05) is 0 Å². The molecule has 7 nitrogen and oxygen atoms in total. The number of piperidine rings is 1. The zero-order valence-corrected chi connectivity index (χ0v) is 14.2. The van der Waals surface area contributed by atoms with Gasteiger partial charge in [-0.2, -0.15) is 13.2 Å². The first kappa shape index (κ1) is 20.0. The van der Waals surface area contributed by atoms with Crippen LogP contribution in [0.2, 0.25) is 0 Å². The molecule has 0 aromatic heterocycles. The molecule has 1 saturated heterocycles. The molecule has 1 aliphatic heterocycles. The number of nitrogens with two attached hydrogens (primary N) is 1. The Morgan fingerprint density at radius 1 is 1.50 bits per heavy atom. The van der Waals surface area contributed by atoms with Gasteiger partial charge < -0.3 is 15.4 Å². The van der Waals surface area contributed by atoms with E-state index in [0.717, 1.165) is 24.6 Å². The summed E-state index contributed by atoms with van der Waals surface area (Å²) in [6.07, 6.45) is -3.00. The summed E-state index contributed by atoms with van der Waals surface area (Å²) in [5.41, 5.74) is 5.11. The molecule has 2 atom stereocenters. The molecular formula is C16H20F3N3O4. The maximum absolute atomic E-state index is 12.7. The van der Waals surface area contributed by atoms with Crippen LogP contribution in [-0.2, 0) is 0 Å². The second-order valence-electron chi connectivity index (χ2n) is 6.35. The number of amides is 1. The molecule has 0 aliphatic carbocycles. The van der Waals surface area contributed by atoms with Crippen LogP contribution in [0, 0.1) is 16.0 Å². The number of rotatable bonds is 5. The van der Waals surface area contributed by atoms with Crippen molar-refractivity contribution in [3.05, 3.63) is 33.9 Å². The van der Waals surface area contributed by atoms with Gasteiger partial charge in [0.05, 0.1) is 4.92 Å². The average molecular weight is 375 g/mol. The summed E-state index contributed by atoms with van der Waals surface area (Å²) in [6.45, 7) is 1.04. The summed E-state index contributed by atoms with van der Waals surface area (Å²) in [4.78, 5) is 24.7. The molecule has 0 spiro atoms. The summed E-state index contributed by atoms with van der Waals surface area (Å²) in [7, 11) is 0. The molecule has 0 saturated carbocycles. The number of benzene rings is 1. The minimum atomic E-state index is -4.55. The minimum Gasteiger partial charge on any atom is -0.484 e. The average Bonchev–Trinajstić information content (AvgIpc) is 2.58. The van der Waals surface area contributed by atoms with Gasteiger partial charge in [0.15, 0.2) is 6.61 Å². The molecule has 2 rings (SSSR count). The van der Waals surface area contributed by atoms with Crippen LogP contribution in [0.5, 0.6) is 5.75 Å². The smallest absolute Gasteiger partial charge is 0.422 e.